The molecule has 4 nitrogen and oxygen atoms in total. The van der Waals surface area contributed by atoms with Gasteiger partial charge in [0.1, 0.15) is 0 Å². The van der Waals surface area contributed by atoms with Crippen molar-refractivity contribution in [2.45, 2.75) is 37.7 Å². The first-order chi connectivity index (χ1) is 10.1. The van der Waals surface area contributed by atoms with Gasteiger partial charge in [-0.1, -0.05) is 11.6 Å². The predicted octanol–water partition coefficient (Wildman–Crippen LogP) is 3.64. The Labute approximate surface area is 129 Å². The van der Waals surface area contributed by atoms with Gasteiger partial charge < -0.3 is 14.2 Å². The van der Waals surface area contributed by atoms with E-state index in [1.165, 1.54) is 0 Å². The number of halogens is 1. The number of carbonyl (C=O) groups excluding carboxylic acids is 1. The van der Waals surface area contributed by atoms with Crippen LogP contribution in [0.25, 0.3) is 0 Å². The van der Waals surface area contributed by atoms with E-state index < -0.39 is 0 Å². The van der Waals surface area contributed by atoms with Gasteiger partial charge in [-0.05, 0) is 25.3 Å². The smallest absolute Gasteiger partial charge is 0.167 e. The fraction of sp³-hybridized carbons (Fsp3) is 0.562. The molecular weight excluding hydrogens is 292 g/mol. The van der Waals surface area contributed by atoms with Gasteiger partial charge in [0.15, 0.2) is 17.3 Å². The maximum Gasteiger partial charge on any atom is 0.167 e. The number of ketones is 1. The van der Waals surface area contributed by atoms with Crippen molar-refractivity contribution in [2.24, 2.45) is 0 Å². The summed E-state index contributed by atoms with van der Waals surface area (Å²) in [6.45, 7) is 1.19. The van der Waals surface area contributed by atoms with Crippen LogP contribution in [0, 0.1) is 0 Å². The van der Waals surface area contributed by atoms with Crippen molar-refractivity contribution in [1.29, 1.82) is 0 Å². The molecule has 1 aromatic carbocycles. The van der Waals surface area contributed by atoms with Crippen molar-refractivity contribution < 1.29 is 19.0 Å². The third kappa shape index (κ3) is 2.87. The Hall–Kier alpha value is -1.26. The standard InChI is InChI=1S/C16H19ClO4/c1-19-16(4-2-5-16)10-13(18)11-8-14-15(9-12(11)17)21-7-3-6-20-14/h8-9H,2-7,10H2,1H3. The fourth-order valence-electron chi connectivity index (χ4n) is 2.81. The lowest BCUT2D eigenvalue weighted by molar-refractivity contribution is -0.0704. The molecule has 0 N–H and O–H groups in total. The molecule has 1 heterocycles. The highest BCUT2D eigenvalue weighted by Crippen LogP contribution is 2.41. The van der Waals surface area contributed by atoms with Crippen LogP contribution in [0.3, 0.4) is 0 Å². The second-order valence-electron chi connectivity index (χ2n) is 5.67. The van der Waals surface area contributed by atoms with Gasteiger partial charge in [0.2, 0.25) is 0 Å². The Morgan fingerprint density at radius 1 is 1.24 bits per heavy atom. The molecule has 3 rings (SSSR count). The van der Waals surface area contributed by atoms with Crippen molar-refractivity contribution >= 4 is 17.4 Å². The van der Waals surface area contributed by atoms with E-state index in [0.717, 1.165) is 25.7 Å². The van der Waals surface area contributed by atoms with Crippen LogP contribution in [-0.2, 0) is 4.74 Å². The minimum atomic E-state index is -0.301. The number of Topliss-reactive ketones (excluding diaryl/α,β-unsaturated/α-hetero) is 1. The van der Waals surface area contributed by atoms with E-state index in [1.807, 2.05) is 0 Å². The molecule has 0 spiro atoms. The van der Waals surface area contributed by atoms with Crippen LogP contribution in [0.5, 0.6) is 11.5 Å². The summed E-state index contributed by atoms with van der Waals surface area (Å²) >= 11 is 6.25. The first-order valence-corrected chi connectivity index (χ1v) is 7.69. The Morgan fingerprint density at radius 3 is 2.48 bits per heavy atom. The lowest BCUT2D eigenvalue weighted by Crippen LogP contribution is -2.41. The normalized spacial score (nSPS) is 19.5. The quantitative estimate of drug-likeness (QED) is 0.796. The van der Waals surface area contributed by atoms with E-state index in [0.29, 0.717) is 41.7 Å². The molecule has 1 saturated carbocycles. The van der Waals surface area contributed by atoms with Gasteiger partial charge in [-0.15, -0.1) is 0 Å². The monoisotopic (exact) mass is 310 g/mol. The molecule has 0 bridgehead atoms. The Balaban J connectivity index is 1.84. The van der Waals surface area contributed by atoms with Gasteiger partial charge >= 0.3 is 0 Å². The zero-order valence-corrected chi connectivity index (χ0v) is 12.9. The number of ether oxygens (including phenoxy) is 3. The maximum atomic E-state index is 12.5. The van der Waals surface area contributed by atoms with E-state index in [-0.39, 0.29) is 11.4 Å². The number of methoxy groups -OCH3 is 1. The summed E-state index contributed by atoms with van der Waals surface area (Å²) < 4.78 is 16.7. The van der Waals surface area contributed by atoms with Crippen LogP contribution < -0.4 is 9.47 Å². The summed E-state index contributed by atoms with van der Waals surface area (Å²) in [6.07, 6.45) is 4.15. The van der Waals surface area contributed by atoms with Gasteiger partial charge in [0.05, 0.1) is 23.8 Å². The van der Waals surface area contributed by atoms with Crippen molar-refractivity contribution in [3.05, 3.63) is 22.7 Å². The molecule has 0 atom stereocenters. The lowest BCUT2D eigenvalue weighted by atomic mass is 9.76. The summed E-state index contributed by atoms with van der Waals surface area (Å²) in [4.78, 5) is 12.5. The molecule has 1 aliphatic heterocycles. The van der Waals surface area contributed by atoms with Crippen molar-refractivity contribution in [3.8, 4) is 11.5 Å². The molecule has 1 fully saturated rings. The minimum Gasteiger partial charge on any atom is -0.490 e. The number of fused-ring (bicyclic) bond motifs is 1. The summed E-state index contributed by atoms with van der Waals surface area (Å²) in [5.41, 5.74) is 0.189. The lowest BCUT2D eigenvalue weighted by Gasteiger charge is -2.40. The third-order valence-electron chi connectivity index (χ3n) is 4.32. The number of hydrogen-bond donors (Lipinski definition) is 0. The van der Waals surface area contributed by atoms with Crippen LogP contribution in [0.15, 0.2) is 12.1 Å². The van der Waals surface area contributed by atoms with Gasteiger partial charge in [0, 0.05) is 31.6 Å². The average Bonchev–Trinajstić information content (AvgIpc) is 2.66. The fourth-order valence-corrected chi connectivity index (χ4v) is 3.07. The predicted molar refractivity (Wildman–Crippen MR) is 79.6 cm³/mol. The van der Waals surface area contributed by atoms with E-state index in [9.17, 15) is 4.79 Å². The van der Waals surface area contributed by atoms with E-state index in [2.05, 4.69) is 0 Å². The van der Waals surface area contributed by atoms with Gasteiger partial charge in [-0.3, -0.25) is 4.79 Å². The zero-order chi connectivity index (χ0) is 14.9. The Kier molecular flexibility index (Phi) is 4.09. The molecule has 0 unspecified atom stereocenters. The van der Waals surface area contributed by atoms with Crippen LogP contribution in [0.2, 0.25) is 5.02 Å². The number of carbonyl (C=O) groups is 1. The Morgan fingerprint density at radius 2 is 1.90 bits per heavy atom. The molecule has 114 valence electrons. The third-order valence-corrected chi connectivity index (χ3v) is 4.63. The van der Waals surface area contributed by atoms with Crippen molar-refractivity contribution in [3.63, 3.8) is 0 Å². The van der Waals surface area contributed by atoms with Crippen LogP contribution >= 0.6 is 11.6 Å². The highest BCUT2D eigenvalue weighted by atomic mass is 35.5. The van der Waals surface area contributed by atoms with Crippen molar-refractivity contribution in [2.75, 3.05) is 20.3 Å². The first-order valence-electron chi connectivity index (χ1n) is 7.31. The zero-order valence-electron chi connectivity index (χ0n) is 12.1. The second-order valence-corrected chi connectivity index (χ2v) is 6.08. The summed E-state index contributed by atoms with van der Waals surface area (Å²) in [6, 6.07) is 3.38. The van der Waals surface area contributed by atoms with Crippen molar-refractivity contribution in [1.82, 2.24) is 0 Å². The highest BCUT2D eigenvalue weighted by molar-refractivity contribution is 6.34. The van der Waals surface area contributed by atoms with E-state index in [4.69, 9.17) is 25.8 Å². The number of rotatable bonds is 4. The van der Waals surface area contributed by atoms with Gasteiger partial charge in [-0.2, -0.15) is 0 Å². The topological polar surface area (TPSA) is 44.8 Å². The number of hydrogen-bond acceptors (Lipinski definition) is 4. The molecule has 0 radical (unpaired) electrons. The molecule has 2 aliphatic rings. The molecule has 0 amide bonds. The molecule has 0 saturated heterocycles. The molecule has 1 aromatic rings. The summed E-state index contributed by atoms with van der Waals surface area (Å²) in [5, 5.41) is 0.412. The second kappa shape index (κ2) is 5.85. The molecule has 0 aromatic heterocycles. The molecule has 21 heavy (non-hydrogen) atoms. The molecule has 5 heteroatoms. The number of benzene rings is 1. The van der Waals surface area contributed by atoms with Gasteiger partial charge in [0.25, 0.3) is 0 Å². The van der Waals surface area contributed by atoms with Crippen LogP contribution in [0.4, 0.5) is 0 Å². The van der Waals surface area contributed by atoms with E-state index in [1.54, 1.807) is 19.2 Å². The Bertz CT molecular complexity index is 546. The van der Waals surface area contributed by atoms with Crippen LogP contribution in [-0.4, -0.2) is 31.7 Å². The first kappa shape index (κ1) is 14.7. The highest BCUT2D eigenvalue weighted by Gasteiger charge is 2.39. The molecule has 1 aliphatic carbocycles. The minimum absolute atomic E-state index is 0.00260. The molecular formula is C16H19ClO4. The largest absolute Gasteiger partial charge is 0.490 e. The average molecular weight is 311 g/mol. The van der Waals surface area contributed by atoms with Crippen LogP contribution in [0.1, 0.15) is 42.5 Å². The van der Waals surface area contributed by atoms with Gasteiger partial charge in [-0.25, -0.2) is 0 Å². The summed E-state index contributed by atoms with van der Waals surface area (Å²) in [5.74, 6) is 1.21. The summed E-state index contributed by atoms with van der Waals surface area (Å²) in [7, 11) is 1.67. The maximum absolute atomic E-state index is 12.5. The SMILES string of the molecule is COC1(CC(=O)c2cc3c(cc2Cl)OCCCO3)CCC1. The van der Waals surface area contributed by atoms with E-state index >= 15 is 0 Å².